The minimum absolute atomic E-state index is 0.102. The Balaban J connectivity index is 1.68. The number of halogens is 4. The Morgan fingerprint density at radius 3 is 2.54 bits per heavy atom. The van der Waals surface area contributed by atoms with Crippen molar-refractivity contribution in [2.45, 2.75) is 25.6 Å². The zero-order valence-corrected chi connectivity index (χ0v) is 19.7. The average Bonchev–Trinajstić information content (AvgIpc) is 3.14. The Kier molecular flexibility index (Phi) is 8.57. The summed E-state index contributed by atoms with van der Waals surface area (Å²) in [6.07, 6.45) is -3.59. The molecule has 0 aliphatic carbocycles. The average molecular weight is 514 g/mol. The van der Waals surface area contributed by atoms with E-state index in [1.807, 2.05) is 19.0 Å². The third-order valence-electron chi connectivity index (χ3n) is 4.83. The number of carbonyl (C=O) groups is 1. The van der Waals surface area contributed by atoms with Crippen molar-refractivity contribution in [3.8, 4) is 17.2 Å². The van der Waals surface area contributed by atoms with Crippen LogP contribution in [0.4, 0.5) is 13.2 Å². The molecule has 0 fully saturated rings. The Bertz CT molecular complexity index is 1210. The second kappa shape index (κ2) is 11.4. The molecule has 188 valence electrons. The lowest BCUT2D eigenvalue weighted by Crippen LogP contribution is -2.18. The first kappa shape index (κ1) is 26.3. The molecule has 0 bridgehead atoms. The summed E-state index contributed by atoms with van der Waals surface area (Å²) in [6.45, 7) is 0.313. The summed E-state index contributed by atoms with van der Waals surface area (Å²) in [4.78, 5) is 26.1. The van der Waals surface area contributed by atoms with Crippen LogP contribution in [0.3, 0.4) is 0 Å². The van der Waals surface area contributed by atoms with Crippen LogP contribution in [0.25, 0.3) is 11.5 Å². The molecular formula is C23H23ClF3N3O5. The first-order valence-electron chi connectivity index (χ1n) is 10.5. The van der Waals surface area contributed by atoms with Crippen molar-refractivity contribution in [1.29, 1.82) is 0 Å². The van der Waals surface area contributed by atoms with E-state index < -0.39 is 23.5 Å². The predicted molar refractivity (Wildman–Crippen MR) is 121 cm³/mol. The van der Waals surface area contributed by atoms with E-state index in [-0.39, 0.29) is 31.2 Å². The lowest BCUT2D eigenvalue weighted by molar-refractivity contribution is -0.150. The fourth-order valence-electron chi connectivity index (χ4n) is 3.07. The molecule has 0 N–H and O–H groups in total. The fraction of sp³-hybridized carbons (Fsp3) is 0.348. The molecule has 0 spiro atoms. The molecule has 0 aliphatic heterocycles. The van der Waals surface area contributed by atoms with Gasteiger partial charge in [0, 0.05) is 22.6 Å². The van der Waals surface area contributed by atoms with E-state index in [1.54, 1.807) is 18.2 Å². The van der Waals surface area contributed by atoms with Crippen molar-refractivity contribution in [1.82, 2.24) is 14.7 Å². The number of esters is 1. The van der Waals surface area contributed by atoms with Crippen LogP contribution in [0.15, 0.2) is 51.7 Å². The highest BCUT2D eigenvalue weighted by Crippen LogP contribution is 2.30. The lowest BCUT2D eigenvalue weighted by atomic mass is 10.1. The molecule has 2 aromatic carbocycles. The number of benzene rings is 2. The van der Waals surface area contributed by atoms with Crippen molar-refractivity contribution < 1.29 is 31.9 Å². The predicted octanol–water partition coefficient (Wildman–Crippen LogP) is 4.45. The van der Waals surface area contributed by atoms with Gasteiger partial charge in [-0.25, -0.2) is 4.79 Å². The molecule has 12 heteroatoms. The Morgan fingerprint density at radius 1 is 1.17 bits per heavy atom. The van der Waals surface area contributed by atoms with Crippen LogP contribution in [0, 0.1) is 0 Å². The van der Waals surface area contributed by atoms with E-state index >= 15 is 0 Å². The van der Waals surface area contributed by atoms with Gasteiger partial charge in [-0.3, -0.25) is 4.79 Å². The standard InChI is InChI=1S/C23H23ClF3N3O5/c1-29(2)11-3-4-20(31)34-14-33-19-10-9-18(24)12-16(19)13-30-22(32)35-21(28-30)15-5-7-17(8-6-15)23(25,26)27/h5-10,12H,3-4,11,13-14H2,1-2H3. The van der Waals surface area contributed by atoms with Crippen molar-refractivity contribution in [2.24, 2.45) is 0 Å². The van der Waals surface area contributed by atoms with Crippen LogP contribution in [0.2, 0.25) is 5.02 Å². The molecule has 3 aromatic rings. The van der Waals surface area contributed by atoms with E-state index in [1.165, 1.54) is 12.1 Å². The van der Waals surface area contributed by atoms with Gasteiger partial charge in [0.05, 0.1) is 12.1 Å². The van der Waals surface area contributed by atoms with Gasteiger partial charge in [0.25, 0.3) is 0 Å². The van der Waals surface area contributed by atoms with Crippen LogP contribution in [-0.2, 0) is 22.3 Å². The monoisotopic (exact) mass is 513 g/mol. The minimum Gasteiger partial charge on any atom is -0.457 e. The Hall–Kier alpha value is -3.31. The van der Waals surface area contributed by atoms with Gasteiger partial charge in [-0.1, -0.05) is 11.6 Å². The van der Waals surface area contributed by atoms with Crippen LogP contribution in [-0.4, -0.2) is 48.1 Å². The van der Waals surface area contributed by atoms with E-state index in [0.29, 0.717) is 22.8 Å². The molecule has 1 aromatic heterocycles. The maximum atomic E-state index is 12.8. The number of ether oxygens (including phenoxy) is 2. The zero-order valence-electron chi connectivity index (χ0n) is 19.0. The summed E-state index contributed by atoms with van der Waals surface area (Å²) in [7, 11) is 3.81. The summed E-state index contributed by atoms with van der Waals surface area (Å²) in [5, 5.41) is 4.43. The summed E-state index contributed by atoms with van der Waals surface area (Å²) < 4.78 is 55.0. The number of hydrogen-bond donors (Lipinski definition) is 0. The first-order valence-corrected chi connectivity index (χ1v) is 10.9. The molecule has 0 amide bonds. The highest BCUT2D eigenvalue weighted by atomic mass is 35.5. The number of carbonyl (C=O) groups excluding carboxylic acids is 1. The molecule has 35 heavy (non-hydrogen) atoms. The minimum atomic E-state index is -4.48. The largest absolute Gasteiger partial charge is 0.457 e. The summed E-state index contributed by atoms with van der Waals surface area (Å²) in [6, 6.07) is 8.75. The number of rotatable bonds is 10. The SMILES string of the molecule is CN(C)CCCC(=O)OCOc1ccc(Cl)cc1Cn1nc(-c2ccc(C(F)(F)F)cc2)oc1=O. The smallest absolute Gasteiger partial charge is 0.437 e. The van der Waals surface area contributed by atoms with Gasteiger partial charge in [0.15, 0.2) is 0 Å². The Labute approximate surface area is 203 Å². The number of aromatic nitrogens is 2. The normalized spacial score (nSPS) is 11.6. The van der Waals surface area contributed by atoms with Gasteiger partial charge in [0.2, 0.25) is 12.7 Å². The fourth-order valence-corrected chi connectivity index (χ4v) is 3.26. The molecule has 3 rings (SSSR count). The van der Waals surface area contributed by atoms with E-state index in [4.69, 9.17) is 25.5 Å². The van der Waals surface area contributed by atoms with Crippen LogP contribution in [0.5, 0.6) is 5.75 Å². The van der Waals surface area contributed by atoms with Gasteiger partial charge in [-0.05, 0) is 69.5 Å². The molecule has 0 aliphatic rings. The van der Waals surface area contributed by atoms with E-state index in [2.05, 4.69) is 5.10 Å². The Morgan fingerprint density at radius 2 is 1.89 bits per heavy atom. The molecule has 0 saturated heterocycles. The van der Waals surface area contributed by atoms with Crippen LogP contribution < -0.4 is 10.5 Å². The van der Waals surface area contributed by atoms with Crippen molar-refractivity contribution >= 4 is 17.6 Å². The molecule has 0 unspecified atom stereocenters. The van der Waals surface area contributed by atoms with Gasteiger partial charge in [0.1, 0.15) is 5.75 Å². The highest BCUT2D eigenvalue weighted by molar-refractivity contribution is 6.30. The number of hydrogen-bond acceptors (Lipinski definition) is 7. The number of alkyl halides is 3. The summed E-state index contributed by atoms with van der Waals surface area (Å²) >= 11 is 6.07. The van der Waals surface area contributed by atoms with Gasteiger partial charge < -0.3 is 18.8 Å². The van der Waals surface area contributed by atoms with Crippen LogP contribution in [0.1, 0.15) is 24.0 Å². The maximum Gasteiger partial charge on any atom is 0.437 e. The maximum absolute atomic E-state index is 12.8. The van der Waals surface area contributed by atoms with Crippen molar-refractivity contribution in [2.75, 3.05) is 27.4 Å². The second-order valence-electron chi connectivity index (χ2n) is 7.84. The lowest BCUT2D eigenvalue weighted by Gasteiger charge is -2.12. The third-order valence-corrected chi connectivity index (χ3v) is 5.06. The van der Waals surface area contributed by atoms with E-state index in [0.717, 1.165) is 23.4 Å². The van der Waals surface area contributed by atoms with E-state index in [9.17, 15) is 22.8 Å². The molecular weight excluding hydrogens is 491 g/mol. The quantitative estimate of drug-likeness (QED) is 0.292. The molecule has 8 nitrogen and oxygen atoms in total. The van der Waals surface area contributed by atoms with Crippen molar-refractivity contribution in [3.63, 3.8) is 0 Å². The second-order valence-corrected chi connectivity index (χ2v) is 8.28. The van der Waals surface area contributed by atoms with Gasteiger partial charge >= 0.3 is 17.9 Å². The number of nitrogens with zero attached hydrogens (tertiary/aromatic N) is 3. The third kappa shape index (κ3) is 7.59. The molecule has 0 saturated carbocycles. The molecule has 0 atom stereocenters. The summed E-state index contributed by atoms with van der Waals surface area (Å²) in [5.74, 6) is -1.06. The van der Waals surface area contributed by atoms with Crippen LogP contribution >= 0.6 is 11.6 Å². The molecule has 0 radical (unpaired) electrons. The topological polar surface area (TPSA) is 86.8 Å². The van der Waals surface area contributed by atoms with Gasteiger partial charge in [-0.2, -0.15) is 17.9 Å². The van der Waals surface area contributed by atoms with Crippen molar-refractivity contribution in [3.05, 3.63) is 69.2 Å². The van der Waals surface area contributed by atoms with Gasteiger partial charge in [-0.15, -0.1) is 5.10 Å². The molecule has 1 heterocycles. The summed E-state index contributed by atoms with van der Waals surface area (Å²) in [5.41, 5.74) is -0.171. The zero-order chi connectivity index (χ0) is 25.6. The first-order chi connectivity index (χ1) is 16.5. The highest BCUT2D eigenvalue weighted by Gasteiger charge is 2.30.